The number of alkyl halides is 3. The first-order valence-electron chi connectivity index (χ1n) is 9.07. The predicted molar refractivity (Wildman–Crippen MR) is 98.0 cm³/mol. The van der Waals surface area contributed by atoms with Crippen LogP contribution in [0.25, 0.3) is 0 Å². The number of halogens is 3. The summed E-state index contributed by atoms with van der Waals surface area (Å²) < 4.78 is 37.8. The third kappa shape index (κ3) is 4.84. The molecule has 3 rings (SSSR count). The number of anilines is 1. The van der Waals surface area contributed by atoms with Crippen LogP contribution in [0, 0.1) is 0 Å². The standard InChI is InChI=1S/C17H24F3N5OS/c1-3-12-10-14(22-16(21-12)27-2)24-8-6-23(7-9-24)13-4-5-25(15(13)26)11-17(18,19)20/h10,13H,3-9,11H2,1-2H3. The van der Waals surface area contributed by atoms with Crippen molar-refractivity contribution in [2.45, 2.75) is 37.1 Å². The van der Waals surface area contributed by atoms with Gasteiger partial charge in [-0.1, -0.05) is 18.7 Å². The molecule has 0 aliphatic carbocycles. The highest BCUT2D eigenvalue weighted by Gasteiger charge is 2.42. The molecule has 2 saturated heterocycles. The number of hydrogen-bond donors (Lipinski definition) is 0. The summed E-state index contributed by atoms with van der Waals surface area (Å²) in [6.45, 7) is 3.72. The maximum absolute atomic E-state index is 12.6. The maximum atomic E-state index is 12.6. The van der Waals surface area contributed by atoms with Gasteiger partial charge >= 0.3 is 6.18 Å². The average molecular weight is 403 g/mol. The van der Waals surface area contributed by atoms with E-state index in [-0.39, 0.29) is 6.54 Å². The number of aromatic nitrogens is 2. The van der Waals surface area contributed by atoms with Gasteiger partial charge in [0.2, 0.25) is 5.91 Å². The Balaban J connectivity index is 1.60. The lowest BCUT2D eigenvalue weighted by atomic mass is 10.1. The van der Waals surface area contributed by atoms with Crippen molar-refractivity contribution >= 4 is 23.5 Å². The van der Waals surface area contributed by atoms with Gasteiger partial charge in [0.25, 0.3) is 0 Å². The molecule has 0 bridgehead atoms. The highest BCUT2D eigenvalue weighted by molar-refractivity contribution is 7.98. The van der Waals surface area contributed by atoms with E-state index in [4.69, 9.17) is 0 Å². The minimum absolute atomic E-state index is 0.173. The lowest BCUT2D eigenvalue weighted by Gasteiger charge is -2.38. The first-order valence-corrected chi connectivity index (χ1v) is 10.3. The van der Waals surface area contributed by atoms with E-state index in [1.54, 1.807) is 0 Å². The van der Waals surface area contributed by atoms with Crippen LogP contribution in [0.15, 0.2) is 11.2 Å². The molecule has 0 spiro atoms. The summed E-state index contributed by atoms with van der Waals surface area (Å²) in [6, 6.07) is 1.55. The van der Waals surface area contributed by atoms with Gasteiger partial charge in [-0.25, -0.2) is 9.97 Å². The fraction of sp³-hybridized carbons (Fsp3) is 0.706. The molecule has 0 aromatic carbocycles. The minimum Gasteiger partial charge on any atom is -0.354 e. The van der Waals surface area contributed by atoms with Crippen molar-refractivity contribution < 1.29 is 18.0 Å². The molecule has 0 N–H and O–H groups in total. The highest BCUT2D eigenvalue weighted by Crippen LogP contribution is 2.25. The molecule has 2 aliphatic heterocycles. The molecule has 0 saturated carbocycles. The van der Waals surface area contributed by atoms with Crippen molar-refractivity contribution in [3.63, 3.8) is 0 Å². The summed E-state index contributed by atoms with van der Waals surface area (Å²) in [6.07, 6.45) is -1.12. The number of nitrogens with zero attached hydrogens (tertiary/aromatic N) is 5. The fourth-order valence-electron chi connectivity index (χ4n) is 3.59. The Labute approximate surface area is 161 Å². The normalized spacial score (nSPS) is 22.0. The van der Waals surface area contributed by atoms with Gasteiger partial charge < -0.3 is 9.80 Å². The predicted octanol–water partition coefficient (Wildman–Crippen LogP) is 2.05. The van der Waals surface area contributed by atoms with E-state index in [9.17, 15) is 18.0 Å². The van der Waals surface area contributed by atoms with Gasteiger partial charge in [0, 0.05) is 44.5 Å². The minimum atomic E-state index is -4.34. The number of hydrogen-bond acceptors (Lipinski definition) is 6. The average Bonchev–Trinajstić information content (AvgIpc) is 3.00. The molecule has 10 heteroatoms. The SMILES string of the molecule is CCc1cc(N2CCN(C3CCN(CC(F)(F)F)C3=O)CC2)nc(SC)n1. The Morgan fingerprint density at radius 2 is 1.89 bits per heavy atom. The molecule has 6 nitrogen and oxygen atoms in total. The number of amides is 1. The summed E-state index contributed by atoms with van der Waals surface area (Å²) in [4.78, 5) is 26.5. The molecule has 150 valence electrons. The Hall–Kier alpha value is -1.55. The summed E-state index contributed by atoms with van der Waals surface area (Å²) in [5.41, 5.74) is 0.987. The summed E-state index contributed by atoms with van der Waals surface area (Å²) in [5, 5.41) is 0.737. The van der Waals surface area contributed by atoms with Crippen molar-refractivity contribution in [3.05, 3.63) is 11.8 Å². The van der Waals surface area contributed by atoms with Gasteiger partial charge in [-0.05, 0) is 19.1 Å². The van der Waals surface area contributed by atoms with Crippen LogP contribution in [-0.2, 0) is 11.2 Å². The summed E-state index contributed by atoms with van der Waals surface area (Å²) in [7, 11) is 0. The first kappa shape index (κ1) is 20.2. The van der Waals surface area contributed by atoms with Crippen molar-refractivity contribution in [2.24, 2.45) is 0 Å². The van der Waals surface area contributed by atoms with Gasteiger partial charge in [-0.3, -0.25) is 9.69 Å². The van der Waals surface area contributed by atoms with E-state index in [0.29, 0.717) is 32.6 Å². The van der Waals surface area contributed by atoms with Crippen molar-refractivity contribution in [1.29, 1.82) is 0 Å². The Morgan fingerprint density at radius 1 is 1.19 bits per heavy atom. The number of carbonyl (C=O) groups excluding carboxylic acids is 1. The van der Waals surface area contributed by atoms with E-state index < -0.39 is 24.7 Å². The largest absolute Gasteiger partial charge is 0.406 e. The molecular weight excluding hydrogens is 379 g/mol. The lowest BCUT2D eigenvalue weighted by molar-refractivity contribution is -0.159. The molecule has 1 atom stereocenters. The van der Waals surface area contributed by atoms with Crippen LogP contribution in [0.4, 0.5) is 19.0 Å². The zero-order valence-electron chi connectivity index (χ0n) is 15.5. The molecule has 1 aromatic heterocycles. The van der Waals surface area contributed by atoms with Gasteiger partial charge in [0.1, 0.15) is 12.4 Å². The van der Waals surface area contributed by atoms with E-state index in [2.05, 4.69) is 14.9 Å². The van der Waals surface area contributed by atoms with E-state index in [1.165, 1.54) is 11.8 Å². The smallest absolute Gasteiger partial charge is 0.354 e. The maximum Gasteiger partial charge on any atom is 0.406 e. The Morgan fingerprint density at radius 3 is 2.48 bits per heavy atom. The number of likely N-dealkylation sites (tertiary alicyclic amines) is 1. The summed E-state index contributed by atoms with van der Waals surface area (Å²) >= 11 is 1.50. The van der Waals surface area contributed by atoms with Crippen LogP contribution < -0.4 is 4.90 Å². The molecule has 0 radical (unpaired) electrons. The van der Waals surface area contributed by atoms with Crippen molar-refractivity contribution in [2.75, 3.05) is 50.4 Å². The second-order valence-corrected chi connectivity index (χ2v) is 7.53. The second-order valence-electron chi connectivity index (χ2n) is 6.76. The molecule has 3 heterocycles. The number of thioether (sulfide) groups is 1. The Kier molecular flexibility index (Phi) is 6.15. The van der Waals surface area contributed by atoms with E-state index >= 15 is 0 Å². The van der Waals surface area contributed by atoms with E-state index in [1.807, 2.05) is 24.1 Å². The first-order chi connectivity index (χ1) is 12.8. The van der Waals surface area contributed by atoms with Gasteiger partial charge in [-0.2, -0.15) is 13.2 Å². The van der Waals surface area contributed by atoms with Gasteiger partial charge in [0.15, 0.2) is 5.16 Å². The monoisotopic (exact) mass is 403 g/mol. The molecule has 2 aliphatic rings. The quantitative estimate of drug-likeness (QED) is 0.554. The number of piperazine rings is 1. The lowest BCUT2D eigenvalue weighted by Crippen LogP contribution is -2.53. The van der Waals surface area contributed by atoms with Crippen LogP contribution in [0.2, 0.25) is 0 Å². The number of carbonyl (C=O) groups is 1. The van der Waals surface area contributed by atoms with Crippen LogP contribution in [-0.4, -0.2) is 83.4 Å². The van der Waals surface area contributed by atoms with Gasteiger partial charge in [-0.15, -0.1) is 0 Å². The zero-order chi connectivity index (χ0) is 19.6. The highest BCUT2D eigenvalue weighted by atomic mass is 32.2. The van der Waals surface area contributed by atoms with Crippen LogP contribution in [0.3, 0.4) is 0 Å². The summed E-state index contributed by atoms with van der Waals surface area (Å²) in [5.74, 6) is 0.475. The van der Waals surface area contributed by atoms with Crippen molar-refractivity contribution in [3.8, 4) is 0 Å². The van der Waals surface area contributed by atoms with Crippen molar-refractivity contribution in [1.82, 2.24) is 19.8 Å². The Bertz CT molecular complexity index is 657. The molecule has 27 heavy (non-hydrogen) atoms. The van der Waals surface area contributed by atoms with Crippen LogP contribution in [0.1, 0.15) is 19.0 Å². The van der Waals surface area contributed by atoms with E-state index in [0.717, 1.165) is 28.0 Å². The topological polar surface area (TPSA) is 52.6 Å². The molecule has 2 fully saturated rings. The fourth-order valence-corrected chi connectivity index (χ4v) is 3.98. The third-order valence-corrected chi connectivity index (χ3v) is 5.56. The van der Waals surface area contributed by atoms with Gasteiger partial charge in [0.05, 0.1) is 6.04 Å². The van der Waals surface area contributed by atoms with Crippen LogP contribution in [0.5, 0.6) is 0 Å². The number of rotatable bonds is 5. The molecular formula is C17H24F3N5OS. The number of aryl methyl sites for hydroxylation is 1. The van der Waals surface area contributed by atoms with Crippen LogP contribution >= 0.6 is 11.8 Å². The molecule has 1 aromatic rings. The second kappa shape index (κ2) is 8.22. The zero-order valence-corrected chi connectivity index (χ0v) is 16.3. The molecule has 1 amide bonds. The third-order valence-electron chi connectivity index (χ3n) is 5.01. The molecule has 1 unspecified atom stereocenters.